The molecule has 1 aromatic heterocycles. The Labute approximate surface area is 118 Å². The normalized spacial score (nSPS) is 9.83. The number of amides is 1. The van der Waals surface area contributed by atoms with E-state index in [0.29, 0.717) is 15.7 Å². The van der Waals surface area contributed by atoms with Crippen molar-refractivity contribution in [2.45, 2.75) is 0 Å². The third-order valence-electron chi connectivity index (χ3n) is 1.99. The van der Waals surface area contributed by atoms with Gasteiger partial charge in [0.1, 0.15) is 0 Å². The first-order valence-corrected chi connectivity index (χ1v) is 6.59. The largest absolute Gasteiger partial charge is 0.308 e. The molecule has 0 fully saturated rings. The van der Waals surface area contributed by atoms with Gasteiger partial charge in [0.05, 0.1) is 0 Å². The fourth-order valence-electron chi connectivity index (χ4n) is 1.19. The first-order chi connectivity index (χ1) is 8.65. The van der Waals surface area contributed by atoms with Crippen LogP contribution in [0.25, 0.3) is 0 Å². The quantitative estimate of drug-likeness (QED) is 0.837. The van der Waals surface area contributed by atoms with E-state index in [1.54, 1.807) is 30.5 Å². The number of thiazole rings is 1. The number of nitrogens with zero attached hydrogens (tertiary/aromatic N) is 1. The smallest absolute Gasteiger partial charge is 0.257 e. The van der Waals surface area contributed by atoms with Gasteiger partial charge in [0.2, 0.25) is 0 Å². The number of thiocarbonyl (C=S) groups is 1. The monoisotopic (exact) mass is 297 g/mol. The van der Waals surface area contributed by atoms with Gasteiger partial charge in [-0.05, 0) is 36.5 Å². The van der Waals surface area contributed by atoms with Crippen LogP contribution in [0.4, 0.5) is 5.13 Å². The van der Waals surface area contributed by atoms with Crippen molar-refractivity contribution in [3.63, 3.8) is 0 Å². The number of aromatic nitrogens is 1. The van der Waals surface area contributed by atoms with E-state index in [2.05, 4.69) is 15.6 Å². The van der Waals surface area contributed by atoms with Crippen LogP contribution in [-0.4, -0.2) is 16.0 Å². The average Bonchev–Trinajstić information content (AvgIpc) is 2.82. The first-order valence-electron chi connectivity index (χ1n) is 4.92. The average molecular weight is 298 g/mol. The van der Waals surface area contributed by atoms with Crippen LogP contribution in [0.2, 0.25) is 5.02 Å². The molecule has 7 heteroatoms. The van der Waals surface area contributed by atoms with Crippen LogP contribution in [-0.2, 0) is 0 Å². The molecule has 1 aromatic carbocycles. The maximum atomic E-state index is 11.8. The zero-order chi connectivity index (χ0) is 13.0. The molecule has 0 aliphatic carbocycles. The molecule has 2 aromatic rings. The van der Waals surface area contributed by atoms with E-state index in [9.17, 15) is 4.79 Å². The second-order valence-electron chi connectivity index (χ2n) is 3.25. The highest BCUT2D eigenvalue weighted by molar-refractivity contribution is 7.80. The lowest BCUT2D eigenvalue weighted by molar-refractivity contribution is 0.0978. The van der Waals surface area contributed by atoms with E-state index < -0.39 is 0 Å². The summed E-state index contributed by atoms with van der Waals surface area (Å²) in [4.78, 5) is 15.8. The fraction of sp³-hybridized carbons (Fsp3) is 0. The molecule has 2 rings (SSSR count). The van der Waals surface area contributed by atoms with Gasteiger partial charge in [-0.15, -0.1) is 11.3 Å². The SMILES string of the molecule is O=C(NC(=S)Nc1nccs1)c1ccc(Cl)cc1. The number of benzene rings is 1. The number of carbonyl (C=O) groups is 1. The minimum atomic E-state index is -0.291. The highest BCUT2D eigenvalue weighted by atomic mass is 35.5. The van der Waals surface area contributed by atoms with Crippen molar-refractivity contribution >= 4 is 51.3 Å². The molecule has 92 valence electrons. The summed E-state index contributed by atoms with van der Waals surface area (Å²) in [5, 5.41) is 8.61. The van der Waals surface area contributed by atoms with Gasteiger partial charge in [-0.2, -0.15) is 0 Å². The van der Waals surface area contributed by atoms with Crippen molar-refractivity contribution < 1.29 is 4.79 Å². The number of hydrogen-bond acceptors (Lipinski definition) is 4. The van der Waals surface area contributed by atoms with Gasteiger partial charge in [0.15, 0.2) is 10.2 Å². The Bertz CT molecular complexity index is 554. The third-order valence-corrected chi connectivity index (χ3v) is 3.13. The van der Waals surface area contributed by atoms with Gasteiger partial charge in [0.25, 0.3) is 5.91 Å². The summed E-state index contributed by atoms with van der Waals surface area (Å²) < 4.78 is 0. The summed E-state index contributed by atoms with van der Waals surface area (Å²) in [6.07, 6.45) is 1.65. The van der Waals surface area contributed by atoms with Crippen molar-refractivity contribution in [3.05, 3.63) is 46.4 Å². The van der Waals surface area contributed by atoms with Gasteiger partial charge in [-0.1, -0.05) is 11.6 Å². The van der Waals surface area contributed by atoms with Crippen LogP contribution in [0.15, 0.2) is 35.8 Å². The van der Waals surface area contributed by atoms with Crippen LogP contribution in [0.1, 0.15) is 10.4 Å². The van der Waals surface area contributed by atoms with Crippen molar-refractivity contribution in [2.24, 2.45) is 0 Å². The van der Waals surface area contributed by atoms with Crippen molar-refractivity contribution in [1.82, 2.24) is 10.3 Å². The van der Waals surface area contributed by atoms with Crippen molar-refractivity contribution in [3.8, 4) is 0 Å². The molecular weight excluding hydrogens is 290 g/mol. The number of halogens is 1. The molecule has 0 aliphatic rings. The van der Waals surface area contributed by atoms with E-state index in [4.69, 9.17) is 23.8 Å². The Morgan fingerprint density at radius 3 is 2.67 bits per heavy atom. The molecule has 1 amide bonds. The summed E-state index contributed by atoms with van der Waals surface area (Å²) in [6.45, 7) is 0. The molecule has 0 spiro atoms. The number of carbonyl (C=O) groups excluding carboxylic acids is 1. The fourth-order valence-corrected chi connectivity index (χ4v) is 2.10. The molecule has 18 heavy (non-hydrogen) atoms. The lowest BCUT2D eigenvalue weighted by Crippen LogP contribution is -2.34. The molecule has 1 heterocycles. The molecule has 4 nitrogen and oxygen atoms in total. The minimum absolute atomic E-state index is 0.213. The zero-order valence-electron chi connectivity index (χ0n) is 9.01. The van der Waals surface area contributed by atoms with Gasteiger partial charge < -0.3 is 5.32 Å². The number of hydrogen-bond donors (Lipinski definition) is 2. The molecule has 2 N–H and O–H groups in total. The van der Waals surface area contributed by atoms with Gasteiger partial charge in [-0.3, -0.25) is 10.1 Å². The van der Waals surface area contributed by atoms with Crippen molar-refractivity contribution in [2.75, 3.05) is 5.32 Å². The topological polar surface area (TPSA) is 54.0 Å². The summed E-state index contributed by atoms with van der Waals surface area (Å²) in [5.41, 5.74) is 0.489. The van der Waals surface area contributed by atoms with Crippen LogP contribution in [0.3, 0.4) is 0 Å². The Hall–Kier alpha value is -1.50. The number of nitrogens with one attached hydrogen (secondary N) is 2. The maximum Gasteiger partial charge on any atom is 0.257 e. The maximum absolute atomic E-state index is 11.8. The number of rotatable bonds is 2. The molecule has 0 bridgehead atoms. The molecule has 0 unspecified atom stereocenters. The minimum Gasteiger partial charge on any atom is -0.308 e. The first kappa shape index (κ1) is 12.9. The van der Waals surface area contributed by atoms with Crippen molar-refractivity contribution in [1.29, 1.82) is 0 Å². The third kappa shape index (κ3) is 3.49. The molecule has 0 saturated heterocycles. The summed E-state index contributed by atoms with van der Waals surface area (Å²) in [6, 6.07) is 6.55. The Morgan fingerprint density at radius 2 is 2.06 bits per heavy atom. The summed E-state index contributed by atoms with van der Waals surface area (Å²) in [7, 11) is 0. The standard InChI is InChI=1S/C11H8ClN3OS2/c12-8-3-1-7(2-4-8)9(16)14-10(17)15-11-13-5-6-18-11/h1-6H,(H2,13,14,15,16,17). The van der Waals surface area contributed by atoms with Crippen LogP contribution >= 0.6 is 35.2 Å². The molecule has 0 radical (unpaired) electrons. The molecular formula is C11H8ClN3OS2. The zero-order valence-corrected chi connectivity index (χ0v) is 11.4. The lowest BCUT2D eigenvalue weighted by atomic mass is 10.2. The summed E-state index contributed by atoms with van der Waals surface area (Å²) >= 11 is 12.1. The van der Waals surface area contributed by atoms with E-state index in [-0.39, 0.29) is 11.0 Å². The highest BCUT2D eigenvalue weighted by Gasteiger charge is 2.08. The van der Waals surface area contributed by atoms with E-state index >= 15 is 0 Å². The van der Waals surface area contributed by atoms with Crippen LogP contribution in [0.5, 0.6) is 0 Å². The lowest BCUT2D eigenvalue weighted by Gasteiger charge is -2.07. The molecule has 0 saturated carbocycles. The predicted octanol–water partition coefficient (Wildman–Crippen LogP) is 2.92. The molecule has 0 aliphatic heterocycles. The molecule has 0 atom stereocenters. The van der Waals surface area contributed by atoms with E-state index in [1.165, 1.54) is 11.3 Å². The van der Waals surface area contributed by atoms with Gasteiger partial charge in [-0.25, -0.2) is 4.98 Å². The van der Waals surface area contributed by atoms with Crippen LogP contribution in [0, 0.1) is 0 Å². The second kappa shape index (κ2) is 5.90. The highest BCUT2D eigenvalue weighted by Crippen LogP contribution is 2.11. The second-order valence-corrected chi connectivity index (χ2v) is 4.99. The van der Waals surface area contributed by atoms with Crippen LogP contribution < -0.4 is 10.6 Å². The Balaban J connectivity index is 1.95. The Kier molecular flexibility index (Phi) is 4.24. The van der Waals surface area contributed by atoms with Gasteiger partial charge >= 0.3 is 0 Å². The predicted molar refractivity (Wildman–Crippen MR) is 77.3 cm³/mol. The number of anilines is 1. The van der Waals surface area contributed by atoms with E-state index in [0.717, 1.165) is 0 Å². The van der Waals surface area contributed by atoms with E-state index in [1.807, 2.05) is 5.38 Å². The Morgan fingerprint density at radius 1 is 1.33 bits per heavy atom. The summed E-state index contributed by atoms with van der Waals surface area (Å²) in [5.74, 6) is -0.291. The van der Waals surface area contributed by atoms with Gasteiger partial charge in [0, 0.05) is 22.2 Å².